The summed E-state index contributed by atoms with van der Waals surface area (Å²) >= 11 is 0. The molecule has 0 aromatic carbocycles. The highest BCUT2D eigenvalue weighted by atomic mass is 31.2. The van der Waals surface area contributed by atoms with Gasteiger partial charge in [-0.2, -0.15) is 0 Å². The van der Waals surface area contributed by atoms with Crippen molar-refractivity contribution in [3.05, 3.63) is 85.1 Å². The van der Waals surface area contributed by atoms with Gasteiger partial charge in [-0.05, 0) is 89.9 Å². The van der Waals surface area contributed by atoms with E-state index in [-0.39, 0.29) is 38.8 Å². The van der Waals surface area contributed by atoms with E-state index in [0.29, 0.717) is 13.0 Å². The minimum Gasteiger partial charge on any atom is -0.457 e. The van der Waals surface area contributed by atoms with Crippen LogP contribution in [-0.2, 0) is 27.9 Å². The second kappa shape index (κ2) is 44.8. The summed E-state index contributed by atoms with van der Waals surface area (Å²) in [6, 6.07) is 0. The number of rotatable bonds is 42. The number of nitrogens with two attached hydrogens (primary N) is 1. The topological polar surface area (TPSA) is 117 Å². The molecule has 9 heteroatoms. The third kappa shape index (κ3) is 44.6. The molecule has 0 heterocycles. The highest BCUT2D eigenvalue weighted by molar-refractivity contribution is 7.47. The van der Waals surface area contributed by atoms with Gasteiger partial charge >= 0.3 is 13.8 Å². The molecule has 0 bridgehead atoms. The van der Waals surface area contributed by atoms with Crippen LogP contribution >= 0.6 is 7.82 Å². The van der Waals surface area contributed by atoms with Crippen molar-refractivity contribution in [2.24, 2.45) is 5.73 Å². The summed E-state index contributed by atoms with van der Waals surface area (Å²) in [5.74, 6) is -0.377. The highest BCUT2D eigenvalue weighted by Gasteiger charge is 2.25. The molecule has 0 saturated heterocycles. The van der Waals surface area contributed by atoms with Gasteiger partial charge in [0.1, 0.15) is 6.10 Å². The number of phosphoric ester groups is 1. The Morgan fingerprint density at radius 1 is 0.544 bits per heavy atom. The summed E-state index contributed by atoms with van der Waals surface area (Å²) in [5, 5.41) is 0. The molecule has 0 aromatic rings. The number of ether oxygens (including phenoxy) is 2. The van der Waals surface area contributed by atoms with Crippen LogP contribution in [0.1, 0.15) is 174 Å². The van der Waals surface area contributed by atoms with Crippen molar-refractivity contribution in [3.8, 4) is 0 Å². The van der Waals surface area contributed by atoms with Gasteiger partial charge in [-0.3, -0.25) is 13.8 Å². The molecular formula is C48H84NO7P. The van der Waals surface area contributed by atoms with Gasteiger partial charge in [0.05, 0.1) is 19.8 Å². The quantitative estimate of drug-likeness (QED) is 0.0271. The van der Waals surface area contributed by atoms with E-state index >= 15 is 0 Å². The number of carbonyl (C=O) groups excluding carboxylic acids is 1. The predicted molar refractivity (Wildman–Crippen MR) is 242 cm³/mol. The van der Waals surface area contributed by atoms with Crippen molar-refractivity contribution >= 4 is 13.8 Å². The lowest BCUT2D eigenvalue weighted by Crippen LogP contribution is -2.28. The van der Waals surface area contributed by atoms with Crippen LogP contribution in [0.5, 0.6) is 0 Å². The molecule has 3 N–H and O–H groups in total. The maximum Gasteiger partial charge on any atom is 0.472 e. The van der Waals surface area contributed by atoms with Crippen molar-refractivity contribution in [2.75, 3.05) is 33.0 Å². The Labute approximate surface area is 349 Å². The molecule has 0 saturated carbocycles. The van der Waals surface area contributed by atoms with Crippen molar-refractivity contribution in [3.63, 3.8) is 0 Å². The van der Waals surface area contributed by atoms with Crippen LogP contribution in [-0.4, -0.2) is 49.9 Å². The van der Waals surface area contributed by atoms with Crippen molar-refractivity contribution in [1.82, 2.24) is 0 Å². The minimum absolute atomic E-state index is 0.0877. The minimum atomic E-state index is -4.30. The van der Waals surface area contributed by atoms with E-state index in [9.17, 15) is 14.3 Å². The standard InChI is InChI=1S/C48H84NO7P/c1-3-5-7-9-11-13-15-17-19-21-22-23-24-25-27-29-31-33-35-37-39-41-48(50)56-47(46-55-57(51,52)54-44-42-49)45-53-43-40-38-36-34-32-30-28-26-20-18-16-14-12-10-8-6-4-2/h5,7,11,13,17,19-20,22-23,25-27,31,33,47H,3-4,6,8-10,12,14-16,18,21,24,28-30,32,34-46,49H2,1-2H3,(H,51,52)/b7-5-,13-11-,19-17-,23-22-,26-20-,27-25-,33-31-. The van der Waals surface area contributed by atoms with E-state index < -0.39 is 13.9 Å². The van der Waals surface area contributed by atoms with Crippen molar-refractivity contribution < 1.29 is 32.8 Å². The average Bonchev–Trinajstić information content (AvgIpc) is 3.20. The van der Waals surface area contributed by atoms with Crippen LogP contribution < -0.4 is 5.73 Å². The third-order valence-electron chi connectivity index (χ3n) is 9.05. The van der Waals surface area contributed by atoms with E-state index in [1.807, 2.05) is 0 Å². The lowest BCUT2D eigenvalue weighted by molar-refractivity contribution is -0.154. The van der Waals surface area contributed by atoms with Gasteiger partial charge in [0, 0.05) is 19.6 Å². The number of esters is 1. The molecule has 0 rings (SSSR count). The van der Waals surface area contributed by atoms with Gasteiger partial charge < -0.3 is 20.1 Å². The third-order valence-corrected chi connectivity index (χ3v) is 10.0. The Morgan fingerprint density at radius 3 is 1.49 bits per heavy atom. The van der Waals surface area contributed by atoms with Crippen molar-refractivity contribution in [1.29, 1.82) is 0 Å². The first kappa shape index (κ1) is 54.7. The van der Waals surface area contributed by atoms with Crippen LogP contribution in [0.15, 0.2) is 85.1 Å². The maximum atomic E-state index is 12.6. The normalized spacial score (nSPS) is 14.2. The van der Waals surface area contributed by atoms with E-state index in [0.717, 1.165) is 70.6 Å². The lowest BCUT2D eigenvalue weighted by atomic mass is 10.1. The van der Waals surface area contributed by atoms with Crippen LogP contribution in [0.4, 0.5) is 0 Å². The van der Waals surface area contributed by atoms with E-state index in [4.69, 9.17) is 24.3 Å². The maximum absolute atomic E-state index is 12.6. The van der Waals surface area contributed by atoms with Gasteiger partial charge in [0.2, 0.25) is 0 Å². The SMILES string of the molecule is CC/C=C\C/C=C\C/C=C\C/C=C\C/C=C\C/C=C\CCCCC(=O)OC(COCCCCCCCC/C=C\CCCCCCCCC)COP(=O)(O)OCCN. The molecule has 0 aliphatic heterocycles. The zero-order valence-electron chi connectivity index (χ0n) is 36.3. The Bertz CT molecular complexity index is 1140. The largest absolute Gasteiger partial charge is 0.472 e. The molecule has 2 atom stereocenters. The number of hydrogen-bond donors (Lipinski definition) is 2. The second-order valence-corrected chi connectivity index (χ2v) is 16.0. The number of hydrogen-bond acceptors (Lipinski definition) is 7. The van der Waals surface area contributed by atoms with Gasteiger partial charge in [-0.1, -0.05) is 163 Å². The van der Waals surface area contributed by atoms with E-state index in [1.165, 1.54) is 77.0 Å². The fourth-order valence-electron chi connectivity index (χ4n) is 5.76. The smallest absolute Gasteiger partial charge is 0.457 e. The summed E-state index contributed by atoms with van der Waals surface area (Å²) in [6.07, 6.45) is 57.5. The highest BCUT2D eigenvalue weighted by Crippen LogP contribution is 2.43. The molecule has 57 heavy (non-hydrogen) atoms. The summed E-state index contributed by atoms with van der Waals surface area (Å²) in [7, 11) is -4.30. The van der Waals surface area contributed by atoms with Crippen LogP contribution in [0.2, 0.25) is 0 Å². The first-order valence-electron chi connectivity index (χ1n) is 22.6. The Balaban J connectivity index is 4.14. The number of phosphoric acid groups is 1. The second-order valence-electron chi connectivity index (χ2n) is 14.5. The zero-order chi connectivity index (χ0) is 41.6. The summed E-state index contributed by atoms with van der Waals surface area (Å²) in [6.45, 7) is 4.72. The number of allylic oxidation sites excluding steroid dienone is 14. The fourth-order valence-corrected chi connectivity index (χ4v) is 6.52. The molecule has 328 valence electrons. The van der Waals surface area contributed by atoms with Gasteiger partial charge in [-0.25, -0.2) is 4.57 Å². The molecule has 0 aliphatic carbocycles. The molecule has 0 aromatic heterocycles. The van der Waals surface area contributed by atoms with Crippen LogP contribution in [0, 0.1) is 0 Å². The molecule has 2 unspecified atom stereocenters. The van der Waals surface area contributed by atoms with Crippen molar-refractivity contribution in [2.45, 2.75) is 180 Å². The number of carbonyl (C=O) groups is 1. The van der Waals surface area contributed by atoms with Crippen LogP contribution in [0.25, 0.3) is 0 Å². The molecular weight excluding hydrogens is 734 g/mol. The monoisotopic (exact) mass is 818 g/mol. The fraction of sp³-hybridized carbons (Fsp3) is 0.688. The predicted octanol–water partition coefficient (Wildman–Crippen LogP) is 13.7. The van der Waals surface area contributed by atoms with Gasteiger partial charge in [-0.15, -0.1) is 0 Å². The summed E-state index contributed by atoms with van der Waals surface area (Å²) in [4.78, 5) is 22.5. The lowest BCUT2D eigenvalue weighted by Gasteiger charge is -2.20. The van der Waals surface area contributed by atoms with E-state index in [2.05, 4.69) is 98.9 Å². The molecule has 8 nitrogen and oxygen atoms in total. The average molecular weight is 818 g/mol. The Morgan fingerprint density at radius 2 is 0.982 bits per heavy atom. The van der Waals surface area contributed by atoms with E-state index in [1.54, 1.807) is 0 Å². The van der Waals surface area contributed by atoms with Gasteiger partial charge in [0.25, 0.3) is 0 Å². The number of unbranched alkanes of at least 4 members (excludes halogenated alkanes) is 15. The van der Waals surface area contributed by atoms with Gasteiger partial charge in [0.15, 0.2) is 0 Å². The summed E-state index contributed by atoms with van der Waals surface area (Å²) < 4.78 is 33.4. The molecule has 0 aliphatic rings. The summed E-state index contributed by atoms with van der Waals surface area (Å²) in [5.41, 5.74) is 5.37. The van der Waals surface area contributed by atoms with Crippen LogP contribution in [0.3, 0.4) is 0 Å². The first-order valence-corrected chi connectivity index (χ1v) is 24.1. The Hall–Kier alpha value is -2.32. The zero-order valence-corrected chi connectivity index (χ0v) is 37.2. The molecule has 0 fully saturated rings. The molecule has 0 amide bonds. The molecule has 0 radical (unpaired) electrons. The Kier molecular flexibility index (Phi) is 43.0. The molecule has 0 spiro atoms. The first-order chi connectivity index (χ1) is 27.9.